The van der Waals surface area contributed by atoms with Gasteiger partial charge in [-0.05, 0) is 23.7 Å². The van der Waals surface area contributed by atoms with Crippen LogP contribution in [0.3, 0.4) is 0 Å². The monoisotopic (exact) mass is 270 g/mol. The van der Waals surface area contributed by atoms with Crippen molar-refractivity contribution in [1.82, 2.24) is 4.90 Å². The molecule has 5 heteroatoms. The van der Waals surface area contributed by atoms with Gasteiger partial charge in [0.2, 0.25) is 5.91 Å². The zero-order valence-electron chi connectivity index (χ0n) is 12.5. The predicted molar refractivity (Wildman–Crippen MR) is 73.5 cm³/mol. The Hall–Kier alpha value is -1.10. The van der Waals surface area contributed by atoms with E-state index in [0.29, 0.717) is 6.54 Å². The lowest BCUT2D eigenvalue weighted by atomic mass is 9.85. The van der Waals surface area contributed by atoms with Gasteiger partial charge in [0.25, 0.3) is 0 Å². The third-order valence-electron chi connectivity index (χ3n) is 4.04. The first-order chi connectivity index (χ1) is 8.57. The molecular formula is C14H26N2O3. The van der Waals surface area contributed by atoms with Crippen LogP contribution in [0.2, 0.25) is 0 Å². The summed E-state index contributed by atoms with van der Waals surface area (Å²) in [6, 6.07) is -1.40. The van der Waals surface area contributed by atoms with E-state index in [9.17, 15) is 14.7 Å². The van der Waals surface area contributed by atoms with Crippen molar-refractivity contribution in [3.63, 3.8) is 0 Å². The lowest BCUT2D eigenvalue weighted by molar-refractivity contribution is -0.151. The van der Waals surface area contributed by atoms with Crippen LogP contribution in [0, 0.1) is 17.3 Å². The van der Waals surface area contributed by atoms with Crippen LogP contribution < -0.4 is 5.73 Å². The number of nitrogens with zero attached hydrogens (tertiary/aromatic N) is 1. The molecule has 1 aliphatic rings. The van der Waals surface area contributed by atoms with E-state index in [0.717, 1.165) is 6.42 Å². The number of hydrogen-bond donors (Lipinski definition) is 2. The molecule has 19 heavy (non-hydrogen) atoms. The standard InChI is InChI=1S/C14H26N2O3/c1-8(2)9-6-7-16(10(9)13(18)19)12(17)11(15)14(3,4)5/h8-11H,6-7,15H2,1-5H3,(H,18,19). The second-order valence-corrected chi connectivity index (χ2v) is 6.85. The maximum absolute atomic E-state index is 12.4. The average Bonchev–Trinajstić information content (AvgIpc) is 2.70. The molecule has 3 unspecified atom stereocenters. The van der Waals surface area contributed by atoms with E-state index in [-0.39, 0.29) is 23.2 Å². The number of carboxylic acids is 1. The average molecular weight is 270 g/mol. The van der Waals surface area contributed by atoms with Gasteiger partial charge in [-0.1, -0.05) is 34.6 Å². The van der Waals surface area contributed by atoms with Crippen molar-refractivity contribution < 1.29 is 14.7 Å². The summed E-state index contributed by atoms with van der Waals surface area (Å²) in [5, 5.41) is 9.40. The number of carbonyl (C=O) groups excluding carboxylic acids is 1. The Labute approximate surface area is 115 Å². The fourth-order valence-corrected chi connectivity index (χ4v) is 2.63. The largest absolute Gasteiger partial charge is 0.480 e. The van der Waals surface area contributed by atoms with Gasteiger partial charge in [0.1, 0.15) is 6.04 Å². The van der Waals surface area contributed by atoms with Crippen molar-refractivity contribution in [2.45, 2.75) is 53.1 Å². The molecule has 1 saturated heterocycles. The van der Waals surface area contributed by atoms with Crippen LogP contribution in [0.5, 0.6) is 0 Å². The first-order valence-electron chi connectivity index (χ1n) is 6.86. The number of nitrogens with two attached hydrogens (primary N) is 1. The summed E-state index contributed by atoms with van der Waals surface area (Å²) < 4.78 is 0. The number of carbonyl (C=O) groups is 2. The van der Waals surface area contributed by atoms with Crippen LogP contribution in [0.4, 0.5) is 0 Å². The molecule has 3 atom stereocenters. The molecule has 110 valence electrons. The Morgan fingerprint density at radius 3 is 2.21 bits per heavy atom. The molecule has 0 aromatic rings. The van der Waals surface area contributed by atoms with Crippen LogP contribution in [0.1, 0.15) is 41.0 Å². The van der Waals surface area contributed by atoms with Crippen molar-refractivity contribution in [2.75, 3.05) is 6.54 Å². The number of carboxylic acid groups (broad SMARTS) is 1. The molecule has 3 N–H and O–H groups in total. The van der Waals surface area contributed by atoms with E-state index < -0.39 is 18.1 Å². The number of likely N-dealkylation sites (tertiary alicyclic amines) is 1. The second kappa shape index (κ2) is 5.49. The van der Waals surface area contributed by atoms with Crippen LogP contribution >= 0.6 is 0 Å². The van der Waals surface area contributed by atoms with Gasteiger partial charge < -0.3 is 15.7 Å². The Morgan fingerprint density at radius 1 is 1.32 bits per heavy atom. The first kappa shape index (κ1) is 16.0. The molecule has 0 spiro atoms. The zero-order valence-corrected chi connectivity index (χ0v) is 12.5. The van der Waals surface area contributed by atoms with Crippen molar-refractivity contribution in [1.29, 1.82) is 0 Å². The Bertz CT molecular complexity index is 360. The second-order valence-electron chi connectivity index (χ2n) is 6.85. The van der Waals surface area contributed by atoms with E-state index in [2.05, 4.69) is 0 Å². The van der Waals surface area contributed by atoms with Gasteiger partial charge in [-0.25, -0.2) is 4.79 Å². The van der Waals surface area contributed by atoms with Crippen molar-refractivity contribution in [2.24, 2.45) is 23.0 Å². The highest BCUT2D eigenvalue weighted by Crippen LogP contribution is 2.32. The van der Waals surface area contributed by atoms with Gasteiger partial charge in [-0.15, -0.1) is 0 Å². The quantitative estimate of drug-likeness (QED) is 0.810. The lowest BCUT2D eigenvalue weighted by Gasteiger charge is -2.33. The van der Waals surface area contributed by atoms with Gasteiger partial charge in [0, 0.05) is 6.54 Å². The van der Waals surface area contributed by atoms with E-state index in [1.807, 2.05) is 34.6 Å². The van der Waals surface area contributed by atoms with Crippen molar-refractivity contribution in [3.8, 4) is 0 Å². The maximum Gasteiger partial charge on any atom is 0.326 e. The normalized spacial score (nSPS) is 25.7. The Balaban J connectivity index is 2.94. The third-order valence-corrected chi connectivity index (χ3v) is 4.04. The van der Waals surface area contributed by atoms with Crippen molar-refractivity contribution in [3.05, 3.63) is 0 Å². The number of hydrogen-bond acceptors (Lipinski definition) is 3. The van der Waals surface area contributed by atoms with Crippen molar-refractivity contribution >= 4 is 11.9 Å². The molecule has 0 aromatic carbocycles. The van der Waals surface area contributed by atoms with E-state index >= 15 is 0 Å². The molecule has 1 heterocycles. The van der Waals surface area contributed by atoms with E-state index in [1.165, 1.54) is 4.90 Å². The molecule has 1 rings (SSSR count). The first-order valence-corrected chi connectivity index (χ1v) is 6.86. The Kier molecular flexibility index (Phi) is 4.61. The highest BCUT2D eigenvalue weighted by molar-refractivity contribution is 5.88. The third kappa shape index (κ3) is 3.26. The predicted octanol–water partition coefficient (Wildman–Crippen LogP) is 1.32. The summed E-state index contributed by atoms with van der Waals surface area (Å²) in [5.41, 5.74) is 5.61. The summed E-state index contributed by atoms with van der Waals surface area (Å²) in [5.74, 6) is -0.924. The molecule has 1 aliphatic heterocycles. The zero-order chi connectivity index (χ0) is 15.0. The minimum absolute atomic E-state index is 0.00798. The van der Waals surface area contributed by atoms with Gasteiger partial charge in [-0.3, -0.25) is 4.79 Å². The molecule has 0 aromatic heterocycles. The van der Waals surface area contributed by atoms with Crippen LogP contribution in [-0.4, -0.2) is 40.5 Å². The topological polar surface area (TPSA) is 83.6 Å². The van der Waals surface area contributed by atoms with Crippen LogP contribution in [0.25, 0.3) is 0 Å². The number of rotatable bonds is 3. The minimum Gasteiger partial charge on any atom is -0.480 e. The van der Waals surface area contributed by atoms with E-state index in [1.54, 1.807) is 0 Å². The van der Waals surface area contributed by atoms with E-state index in [4.69, 9.17) is 5.73 Å². The molecular weight excluding hydrogens is 244 g/mol. The van der Waals surface area contributed by atoms with Crippen LogP contribution in [0.15, 0.2) is 0 Å². The molecule has 1 amide bonds. The summed E-state index contributed by atoms with van der Waals surface area (Å²) >= 11 is 0. The smallest absolute Gasteiger partial charge is 0.326 e. The molecule has 0 bridgehead atoms. The summed E-state index contributed by atoms with van der Waals surface area (Å²) in [4.78, 5) is 25.3. The highest BCUT2D eigenvalue weighted by Gasteiger charge is 2.45. The summed E-state index contributed by atoms with van der Waals surface area (Å²) in [6.45, 7) is 10.2. The van der Waals surface area contributed by atoms with Crippen LogP contribution in [-0.2, 0) is 9.59 Å². The minimum atomic E-state index is -0.925. The van der Waals surface area contributed by atoms with Gasteiger partial charge >= 0.3 is 5.97 Å². The SMILES string of the molecule is CC(C)C1CCN(C(=O)C(N)C(C)(C)C)C1C(=O)O. The number of amides is 1. The fraction of sp³-hybridized carbons (Fsp3) is 0.857. The number of aliphatic carboxylic acids is 1. The Morgan fingerprint density at radius 2 is 1.84 bits per heavy atom. The summed E-state index contributed by atoms with van der Waals surface area (Å²) in [6.07, 6.45) is 0.733. The molecule has 0 aliphatic carbocycles. The maximum atomic E-state index is 12.4. The lowest BCUT2D eigenvalue weighted by Crippen LogP contribution is -2.54. The van der Waals surface area contributed by atoms with Gasteiger partial charge in [-0.2, -0.15) is 0 Å². The molecule has 5 nitrogen and oxygen atoms in total. The highest BCUT2D eigenvalue weighted by atomic mass is 16.4. The molecule has 0 radical (unpaired) electrons. The fourth-order valence-electron chi connectivity index (χ4n) is 2.63. The molecule has 1 fully saturated rings. The van der Waals surface area contributed by atoms with Gasteiger partial charge in [0.05, 0.1) is 6.04 Å². The molecule has 0 saturated carbocycles. The summed E-state index contributed by atoms with van der Waals surface area (Å²) in [7, 11) is 0. The van der Waals surface area contributed by atoms with Gasteiger partial charge in [0.15, 0.2) is 0 Å².